The number of nitrogens with zero attached hydrogens (tertiary/aromatic N) is 1. The molecule has 0 bridgehead atoms. The van der Waals surface area contributed by atoms with E-state index in [-0.39, 0.29) is 30.4 Å². The third-order valence-corrected chi connectivity index (χ3v) is 2.51. The molecule has 4 nitrogen and oxygen atoms in total. The predicted molar refractivity (Wildman–Crippen MR) is 54.6 cm³/mol. The van der Waals surface area contributed by atoms with Gasteiger partial charge in [-0.2, -0.15) is 0 Å². The van der Waals surface area contributed by atoms with Crippen LogP contribution in [0, 0.1) is 6.92 Å². The maximum Gasteiger partial charge on any atom is 0.234 e. The highest BCUT2D eigenvalue weighted by Gasteiger charge is 2.32. The zero-order valence-corrected chi connectivity index (χ0v) is 8.36. The van der Waals surface area contributed by atoms with Crippen LogP contribution in [0.15, 0.2) is 18.2 Å². The Morgan fingerprint density at radius 2 is 1.80 bits per heavy atom. The maximum absolute atomic E-state index is 11.4. The molecule has 0 saturated carbocycles. The number of para-hydroxylation sites is 1. The average Bonchev–Trinajstić information content (AvgIpc) is 2.52. The molecule has 0 aliphatic carbocycles. The van der Waals surface area contributed by atoms with Crippen molar-refractivity contribution in [2.45, 2.75) is 19.8 Å². The van der Waals surface area contributed by atoms with Gasteiger partial charge in [-0.05, 0) is 18.6 Å². The minimum absolute atomic E-state index is 0.00102. The number of hydrogen-bond donors (Lipinski definition) is 1. The first kappa shape index (κ1) is 9.71. The van der Waals surface area contributed by atoms with E-state index < -0.39 is 0 Å². The van der Waals surface area contributed by atoms with Gasteiger partial charge in [-0.3, -0.25) is 9.59 Å². The summed E-state index contributed by atoms with van der Waals surface area (Å²) in [6.45, 7) is 1.73. The fourth-order valence-electron chi connectivity index (χ4n) is 1.67. The standard InChI is InChI=1S/C11H11NO3/c1-7-3-2-4-8(11(7)15)12-9(13)5-6-10(12)14/h2-4,15H,5-6H2,1H3. The van der Waals surface area contributed by atoms with Crippen LogP contribution in [0.2, 0.25) is 0 Å². The average molecular weight is 205 g/mol. The third-order valence-electron chi connectivity index (χ3n) is 2.51. The molecule has 2 rings (SSSR count). The number of imide groups is 1. The Hall–Kier alpha value is -1.84. The number of phenolic OH excluding ortho intramolecular Hbond substituents is 1. The fourth-order valence-corrected chi connectivity index (χ4v) is 1.67. The van der Waals surface area contributed by atoms with Crippen molar-refractivity contribution in [1.29, 1.82) is 0 Å². The first-order valence-corrected chi connectivity index (χ1v) is 4.75. The van der Waals surface area contributed by atoms with Gasteiger partial charge in [0.15, 0.2) is 0 Å². The number of aromatic hydroxyl groups is 1. The molecule has 78 valence electrons. The Morgan fingerprint density at radius 1 is 1.20 bits per heavy atom. The van der Waals surface area contributed by atoms with Crippen LogP contribution in [-0.2, 0) is 9.59 Å². The molecule has 0 spiro atoms. The van der Waals surface area contributed by atoms with Crippen molar-refractivity contribution in [2.75, 3.05) is 4.90 Å². The molecule has 1 aromatic carbocycles. The highest BCUT2D eigenvalue weighted by atomic mass is 16.3. The lowest BCUT2D eigenvalue weighted by Gasteiger charge is -2.16. The van der Waals surface area contributed by atoms with Crippen LogP contribution in [0.4, 0.5) is 5.69 Å². The number of phenols is 1. The van der Waals surface area contributed by atoms with Gasteiger partial charge in [0.2, 0.25) is 11.8 Å². The number of anilines is 1. The van der Waals surface area contributed by atoms with E-state index in [0.717, 1.165) is 4.90 Å². The van der Waals surface area contributed by atoms with Crippen molar-refractivity contribution in [2.24, 2.45) is 0 Å². The molecule has 1 saturated heterocycles. The Bertz CT molecular complexity index is 423. The quantitative estimate of drug-likeness (QED) is 0.704. The van der Waals surface area contributed by atoms with Crippen LogP contribution in [0.3, 0.4) is 0 Å². The van der Waals surface area contributed by atoms with Crippen LogP contribution < -0.4 is 4.90 Å². The zero-order valence-electron chi connectivity index (χ0n) is 8.36. The number of hydrogen-bond acceptors (Lipinski definition) is 3. The van der Waals surface area contributed by atoms with E-state index in [4.69, 9.17) is 0 Å². The van der Waals surface area contributed by atoms with Crippen molar-refractivity contribution < 1.29 is 14.7 Å². The van der Waals surface area contributed by atoms with Gasteiger partial charge in [0.25, 0.3) is 0 Å². The van der Waals surface area contributed by atoms with Gasteiger partial charge in [-0.1, -0.05) is 12.1 Å². The summed E-state index contributed by atoms with van der Waals surface area (Å²) in [5.74, 6) is -0.497. The van der Waals surface area contributed by atoms with E-state index in [0.29, 0.717) is 11.3 Å². The second-order valence-corrected chi connectivity index (χ2v) is 3.57. The van der Waals surface area contributed by atoms with E-state index in [1.165, 1.54) is 0 Å². The van der Waals surface area contributed by atoms with Gasteiger partial charge in [0, 0.05) is 12.8 Å². The van der Waals surface area contributed by atoms with Gasteiger partial charge < -0.3 is 5.11 Å². The summed E-state index contributed by atoms with van der Waals surface area (Å²) in [4.78, 5) is 23.9. The number of carbonyl (C=O) groups excluding carboxylic acids is 2. The molecular formula is C11H11NO3. The summed E-state index contributed by atoms with van der Waals surface area (Å²) in [5, 5.41) is 9.75. The highest BCUT2D eigenvalue weighted by Crippen LogP contribution is 2.33. The minimum Gasteiger partial charge on any atom is -0.505 e. The van der Waals surface area contributed by atoms with Crippen molar-refractivity contribution in [3.63, 3.8) is 0 Å². The smallest absolute Gasteiger partial charge is 0.234 e. The second-order valence-electron chi connectivity index (χ2n) is 3.57. The van der Waals surface area contributed by atoms with Crippen molar-refractivity contribution in [3.05, 3.63) is 23.8 Å². The number of benzene rings is 1. The molecule has 1 aromatic rings. The van der Waals surface area contributed by atoms with Gasteiger partial charge in [-0.25, -0.2) is 4.90 Å². The fraction of sp³-hybridized carbons (Fsp3) is 0.273. The Labute approximate surface area is 87.1 Å². The number of carbonyl (C=O) groups is 2. The second kappa shape index (κ2) is 3.38. The summed E-state index contributed by atoms with van der Waals surface area (Å²) in [6, 6.07) is 5.01. The number of rotatable bonds is 1. The van der Waals surface area contributed by atoms with Gasteiger partial charge in [0.1, 0.15) is 5.75 Å². The largest absolute Gasteiger partial charge is 0.505 e. The molecule has 0 atom stereocenters. The molecule has 1 aliphatic heterocycles. The lowest BCUT2D eigenvalue weighted by atomic mass is 10.2. The molecule has 1 heterocycles. The topological polar surface area (TPSA) is 57.6 Å². The molecule has 0 unspecified atom stereocenters. The van der Waals surface area contributed by atoms with Crippen LogP contribution in [0.25, 0.3) is 0 Å². The van der Waals surface area contributed by atoms with E-state index in [1.807, 2.05) is 0 Å². The molecule has 0 radical (unpaired) electrons. The SMILES string of the molecule is Cc1cccc(N2C(=O)CCC2=O)c1O. The third kappa shape index (κ3) is 1.48. The molecule has 4 heteroatoms. The molecule has 1 fully saturated rings. The van der Waals surface area contributed by atoms with Gasteiger partial charge in [0.05, 0.1) is 5.69 Å². The monoisotopic (exact) mass is 205 g/mol. The van der Waals surface area contributed by atoms with Crippen LogP contribution in [0.5, 0.6) is 5.75 Å². The molecule has 1 aliphatic rings. The molecular weight excluding hydrogens is 194 g/mol. The van der Waals surface area contributed by atoms with Crippen LogP contribution >= 0.6 is 0 Å². The summed E-state index contributed by atoms with van der Waals surface area (Å²) in [6.07, 6.45) is 0.457. The number of aryl methyl sites for hydroxylation is 1. The molecule has 15 heavy (non-hydrogen) atoms. The van der Waals surface area contributed by atoms with Crippen LogP contribution in [0.1, 0.15) is 18.4 Å². The zero-order chi connectivity index (χ0) is 11.0. The molecule has 1 N–H and O–H groups in total. The van der Waals surface area contributed by atoms with Crippen molar-refractivity contribution >= 4 is 17.5 Å². The van der Waals surface area contributed by atoms with E-state index in [9.17, 15) is 14.7 Å². The van der Waals surface area contributed by atoms with Crippen molar-refractivity contribution in [1.82, 2.24) is 0 Å². The van der Waals surface area contributed by atoms with E-state index in [1.54, 1.807) is 25.1 Å². The number of amides is 2. The normalized spacial score (nSPS) is 16.2. The van der Waals surface area contributed by atoms with Gasteiger partial charge >= 0.3 is 0 Å². The lowest BCUT2D eigenvalue weighted by Crippen LogP contribution is -2.28. The van der Waals surface area contributed by atoms with Crippen LogP contribution in [-0.4, -0.2) is 16.9 Å². The Balaban J connectivity index is 2.49. The summed E-state index contributed by atoms with van der Waals surface area (Å²) < 4.78 is 0. The summed E-state index contributed by atoms with van der Waals surface area (Å²) in [7, 11) is 0. The van der Waals surface area contributed by atoms with Gasteiger partial charge in [-0.15, -0.1) is 0 Å². The minimum atomic E-state index is -0.249. The molecule has 0 aromatic heterocycles. The Kier molecular flexibility index (Phi) is 2.19. The maximum atomic E-state index is 11.4. The predicted octanol–water partition coefficient (Wildman–Crippen LogP) is 1.35. The van der Waals surface area contributed by atoms with Crippen molar-refractivity contribution in [3.8, 4) is 5.75 Å². The summed E-state index contributed by atoms with van der Waals surface area (Å²) >= 11 is 0. The lowest BCUT2D eigenvalue weighted by molar-refractivity contribution is -0.121. The Morgan fingerprint density at radius 3 is 2.40 bits per heavy atom. The van der Waals surface area contributed by atoms with E-state index in [2.05, 4.69) is 0 Å². The molecule has 2 amide bonds. The first-order chi connectivity index (χ1) is 7.11. The summed E-state index contributed by atoms with van der Waals surface area (Å²) in [5.41, 5.74) is 0.947. The highest BCUT2D eigenvalue weighted by molar-refractivity contribution is 6.20. The van der Waals surface area contributed by atoms with E-state index >= 15 is 0 Å². The first-order valence-electron chi connectivity index (χ1n) is 4.75.